The van der Waals surface area contributed by atoms with Gasteiger partial charge in [0.15, 0.2) is 17.4 Å². The molecule has 0 bridgehead atoms. The largest absolute Gasteiger partial charge is 0.465 e. The van der Waals surface area contributed by atoms with Crippen LogP contribution < -0.4 is 0 Å². The second kappa shape index (κ2) is 11.2. The lowest BCUT2D eigenvalue weighted by atomic mass is 9.99. The molecular weight excluding hydrogens is 215 g/mol. The van der Waals surface area contributed by atoms with Crippen LogP contribution in [0, 0.1) is 11.8 Å². The number of allylic oxidation sites excluding steroid dienone is 1. The van der Waals surface area contributed by atoms with Crippen molar-refractivity contribution in [2.24, 2.45) is 11.8 Å². The highest BCUT2D eigenvalue weighted by molar-refractivity contribution is 5.75. The highest BCUT2D eigenvalue weighted by Gasteiger charge is 2.18. The molecule has 0 aliphatic heterocycles. The zero-order chi connectivity index (χ0) is 11.7. The molecule has 16 heavy (non-hydrogen) atoms. The highest BCUT2D eigenvalue weighted by atomic mass is 27.0. The second-order valence-electron chi connectivity index (χ2n) is 4.39. The van der Waals surface area contributed by atoms with E-state index in [1.54, 1.807) is 6.08 Å². The maximum atomic E-state index is 11.7. The summed E-state index contributed by atoms with van der Waals surface area (Å²) in [7, 11) is 0. The molecule has 0 aromatic rings. The van der Waals surface area contributed by atoms with Crippen LogP contribution in [0.15, 0.2) is 12.7 Å². The molecule has 0 heterocycles. The molecule has 1 atom stereocenters. The number of carbonyl (C=O) groups is 1. The first-order chi connectivity index (χ1) is 7.11. The van der Waals surface area contributed by atoms with E-state index in [2.05, 4.69) is 13.5 Å². The van der Waals surface area contributed by atoms with Gasteiger partial charge in [0.2, 0.25) is 0 Å². The van der Waals surface area contributed by atoms with Crippen molar-refractivity contribution in [3.8, 4) is 0 Å². The van der Waals surface area contributed by atoms with Gasteiger partial charge in [0, 0.05) is 0 Å². The van der Waals surface area contributed by atoms with Crippen LogP contribution in [0.1, 0.15) is 46.5 Å². The number of rotatable bonds is 8. The van der Waals surface area contributed by atoms with Crippen LogP contribution in [-0.4, -0.2) is 29.9 Å². The van der Waals surface area contributed by atoms with Crippen LogP contribution in [0.3, 0.4) is 0 Å². The first-order valence-corrected chi connectivity index (χ1v) is 5.89. The quantitative estimate of drug-likeness (QED) is 0.371. The van der Waals surface area contributed by atoms with Gasteiger partial charge < -0.3 is 4.74 Å². The average Bonchev–Trinajstić information content (AvgIpc) is 2.20. The summed E-state index contributed by atoms with van der Waals surface area (Å²) < 4.78 is 5.23. The first kappa shape index (κ1) is 18.1. The Balaban J connectivity index is 0. The Kier molecular flexibility index (Phi) is 12.7. The van der Waals surface area contributed by atoms with Gasteiger partial charge in [-0.05, 0) is 18.8 Å². The van der Waals surface area contributed by atoms with Crippen LogP contribution in [0.5, 0.6) is 0 Å². The maximum absolute atomic E-state index is 11.7. The van der Waals surface area contributed by atoms with E-state index in [0.29, 0.717) is 12.5 Å². The number of hydrogen-bond acceptors (Lipinski definition) is 2. The van der Waals surface area contributed by atoms with Gasteiger partial charge in [-0.15, -0.1) is 6.58 Å². The molecule has 3 heteroatoms. The third kappa shape index (κ3) is 9.00. The van der Waals surface area contributed by atoms with E-state index in [-0.39, 0.29) is 29.2 Å². The Hall–Kier alpha value is -0.258. The van der Waals surface area contributed by atoms with Gasteiger partial charge in [-0.1, -0.05) is 39.7 Å². The molecule has 2 nitrogen and oxygen atoms in total. The number of ether oxygens (including phenoxy) is 1. The highest BCUT2D eigenvalue weighted by Crippen LogP contribution is 2.15. The van der Waals surface area contributed by atoms with E-state index in [4.69, 9.17) is 4.74 Å². The molecule has 1 unspecified atom stereocenters. The molecule has 0 N–H and O–H groups in total. The summed E-state index contributed by atoms with van der Waals surface area (Å²) in [6, 6.07) is 0. The fourth-order valence-corrected chi connectivity index (χ4v) is 1.35. The van der Waals surface area contributed by atoms with Crippen LogP contribution in [0.4, 0.5) is 0 Å². The fraction of sp³-hybridized carbons (Fsp3) is 0.769. The molecule has 0 fully saturated rings. The molecule has 0 aromatic heterocycles. The molecule has 0 amide bonds. The average molecular weight is 242 g/mol. The van der Waals surface area contributed by atoms with Crippen molar-refractivity contribution < 1.29 is 9.53 Å². The van der Waals surface area contributed by atoms with Crippen LogP contribution in [0.25, 0.3) is 0 Å². The molecule has 0 rings (SSSR count). The van der Waals surface area contributed by atoms with Crippen molar-refractivity contribution in [1.29, 1.82) is 0 Å². The summed E-state index contributed by atoms with van der Waals surface area (Å²) in [4.78, 5) is 11.7. The van der Waals surface area contributed by atoms with Crippen molar-refractivity contribution in [2.45, 2.75) is 46.5 Å². The van der Waals surface area contributed by atoms with Crippen molar-refractivity contribution in [2.75, 3.05) is 6.61 Å². The smallest absolute Gasteiger partial charge is 0.309 e. The minimum atomic E-state index is -0.0583. The minimum Gasteiger partial charge on any atom is -0.465 e. The van der Waals surface area contributed by atoms with Gasteiger partial charge in [-0.25, -0.2) is 0 Å². The summed E-state index contributed by atoms with van der Waals surface area (Å²) in [6.07, 6.45) is 5.65. The van der Waals surface area contributed by atoms with Crippen molar-refractivity contribution in [3.05, 3.63) is 12.7 Å². The SMILES string of the molecule is C=CCC(CCCC)C(=O)OCC(C)C.[AlH3]. The standard InChI is InChI=1S/C13H24O2.Al.3H/c1-5-7-9-12(8-6-2)13(14)15-10-11(3)4;;;;/h6,11-12H,2,5,7-10H2,1,3-4H3;;;;. The van der Waals surface area contributed by atoms with Gasteiger partial charge in [0.25, 0.3) is 0 Å². The topological polar surface area (TPSA) is 26.3 Å². The Morgan fingerprint density at radius 3 is 2.50 bits per heavy atom. The molecule has 0 aromatic carbocycles. The molecule has 0 radical (unpaired) electrons. The fourth-order valence-electron chi connectivity index (χ4n) is 1.35. The molecule has 0 spiro atoms. The zero-order valence-electron chi connectivity index (χ0n) is 10.3. The van der Waals surface area contributed by atoms with E-state index in [1.165, 1.54) is 0 Å². The summed E-state index contributed by atoms with van der Waals surface area (Å²) in [6.45, 7) is 10.4. The number of hydrogen-bond donors (Lipinski definition) is 0. The van der Waals surface area contributed by atoms with Gasteiger partial charge >= 0.3 is 5.97 Å². The van der Waals surface area contributed by atoms with Crippen LogP contribution >= 0.6 is 0 Å². The van der Waals surface area contributed by atoms with E-state index in [1.807, 2.05) is 13.8 Å². The molecule has 0 aliphatic carbocycles. The van der Waals surface area contributed by atoms with Gasteiger partial charge in [0.1, 0.15) is 0 Å². The lowest BCUT2D eigenvalue weighted by Gasteiger charge is -2.14. The third-order valence-electron chi connectivity index (χ3n) is 2.25. The first-order valence-electron chi connectivity index (χ1n) is 5.89. The normalized spacial score (nSPS) is 11.8. The number of esters is 1. The monoisotopic (exact) mass is 242 g/mol. The van der Waals surface area contributed by atoms with E-state index < -0.39 is 0 Å². The van der Waals surface area contributed by atoms with Crippen LogP contribution in [-0.2, 0) is 9.53 Å². The predicted octanol–water partition coefficient (Wildman–Crippen LogP) is 2.38. The number of carbonyl (C=O) groups excluding carboxylic acids is 1. The van der Waals surface area contributed by atoms with E-state index >= 15 is 0 Å². The molecule has 0 saturated carbocycles. The minimum absolute atomic E-state index is 0. The Labute approximate surface area is 111 Å². The maximum Gasteiger partial charge on any atom is 0.309 e. The van der Waals surface area contributed by atoms with Gasteiger partial charge in [-0.2, -0.15) is 0 Å². The lowest BCUT2D eigenvalue weighted by molar-refractivity contribution is -0.149. The molecular formula is C13H27AlO2. The Morgan fingerprint density at radius 2 is 2.06 bits per heavy atom. The Morgan fingerprint density at radius 1 is 1.44 bits per heavy atom. The zero-order valence-corrected chi connectivity index (χ0v) is 10.3. The summed E-state index contributed by atoms with van der Waals surface area (Å²) in [5, 5.41) is 0. The second-order valence-corrected chi connectivity index (χ2v) is 4.39. The molecule has 0 aliphatic rings. The molecule has 0 saturated heterocycles. The van der Waals surface area contributed by atoms with Crippen molar-refractivity contribution in [1.82, 2.24) is 0 Å². The third-order valence-corrected chi connectivity index (χ3v) is 2.25. The predicted molar refractivity (Wildman–Crippen MR) is 73.6 cm³/mol. The van der Waals surface area contributed by atoms with Crippen LogP contribution in [0.2, 0.25) is 0 Å². The summed E-state index contributed by atoms with van der Waals surface area (Å²) >= 11 is 0. The van der Waals surface area contributed by atoms with Gasteiger partial charge in [0.05, 0.1) is 12.5 Å². The van der Waals surface area contributed by atoms with E-state index in [9.17, 15) is 4.79 Å². The number of unbranched alkanes of at least 4 members (excludes halogenated alkanes) is 1. The lowest BCUT2D eigenvalue weighted by Crippen LogP contribution is -2.19. The Bertz CT molecular complexity index is 190. The summed E-state index contributed by atoms with van der Waals surface area (Å²) in [5.74, 6) is 0.364. The van der Waals surface area contributed by atoms with Gasteiger partial charge in [-0.3, -0.25) is 4.79 Å². The molecule has 94 valence electrons. The van der Waals surface area contributed by atoms with E-state index in [0.717, 1.165) is 25.7 Å². The van der Waals surface area contributed by atoms with Crippen molar-refractivity contribution >= 4 is 23.3 Å². The summed E-state index contributed by atoms with van der Waals surface area (Å²) in [5.41, 5.74) is 0. The van der Waals surface area contributed by atoms with Crippen molar-refractivity contribution in [3.63, 3.8) is 0 Å².